The summed E-state index contributed by atoms with van der Waals surface area (Å²) in [6.07, 6.45) is 0.717. The van der Waals surface area contributed by atoms with Crippen molar-refractivity contribution < 1.29 is 19.1 Å². The van der Waals surface area contributed by atoms with Gasteiger partial charge in [0, 0.05) is 13.0 Å². The van der Waals surface area contributed by atoms with Crippen LogP contribution in [-0.4, -0.2) is 37.7 Å². The Kier molecular flexibility index (Phi) is 6.70. The van der Waals surface area contributed by atoms with Crippen LogP contribution in [0.4, 0.5) is 4.79 Å². The van der Waals surface area contributed by atoms with Crippen molar-refractivity contribution in [2.24, 2.45) is 0 Å². The second-order valence-electron chi connectivity index (χ2n) is 4.00. The summed E-state index contributed by atoms with van der Waals surface area (Å²) in [5.74, 6) is 0. The van der Waals surface area contributed by atoms with Crippen LogP contribution in [0.2, 0.25) is 0 Å². The van der Waals surface area contributed by atoms with Crippen LogP contribution in [0.1, 0.15) is 27.2 Å². The van der Waals surface area contributed by atoms with Crippen molar-refractivity contribution in [3.8, 4) is 0 Å². The number of rotatable bonds is 6. The van der Waals surface area contributed by atoms with Gasteiger partial charge in [0.25, 0.3) is 0 Å². The molecule has 88 valence electrons. The first kappa shape index (κ1) is 13.9. The van der Waals surface area contributed by atoms with Gasteiger partial charge in [0.05, 0.1) is 13.2 Å². The molecule has 0 saturated carbocycles. The minimum absolute atomic E-state index is 0.381. The SMILES string of the molecule is CC(C)(C)OC(=O)NCCOCCC=O. The molecule has 0 aromatic heterocycles. The van der Waals surface area contributed by atoms with Crippen molar-refractivity contribution >= 4 is 12.4 Å². The van der Waals surface area contributed by atoms with E-state index < -0.39 is 11.7 Å². The van der Waals surface area contributed by atoms with E-state index in [9.17, 15) is 9.59 Å². The lowest BCUT2D eigenvalue weighted by molar-refractivity contribution is -0.108. The minimum Gasteiger partial charge on any atom is -0.444 e. The summed E-state index contributed by atoms with van der Waals surface area (Å²) in [5.41, 5.74) is -0.484. The van der Waals surface area contributed by atoms with Gasteiger partial charge in [-0.05, 0) is 20.8 Å². The number of hydrogen-bond acceptors (Lipinski definition) is 4. The zero-order valence-electron chi connectivity index (χ0n) is 9.54. The standard InChI is InChI=1S/C10H19NO4/c1-10(2,3)15-9(13)11-5-8-14-7-4-6-12/h6H,4-5,7-8H2,1-3H3,(H,11,13). The molecule has 5 nitrogen and oxygen atoms in total. The van der Waals surface area contributed by atoms with E-state index in [-0.39, 0.29) is 0 Å². The number of nitrogens with one attached hydrogen (secondary N) is 1. The molecule has 0 unspecified atom stereocenters. The number of hydrogen-bond donors (Lipinski definition) is 1. The number of carbonyl (C=O) groups excluding carboxylic acids is 2. The van der Waals surface area contributed by atoms with Crippen LogP contribution in [0.3, 0.4) is 0 Å². The Balaban J connectivity index is 3.36. The molecular weight excluding hydrogens is 198 g/mol. The Hall–Kier alpha value is -1.10. The molecule has 15 heavy (non-hydrogen) atoms. The molecule has 5 heteroatoms. The highest BCUT2D eigenvalue weighted by Gasteiger charge is 2.15. The molecule has 0 aliphatic heterocycles. The third kappa shape index (κ3) is 10.8. The number of alkyl carbamates (subject to hydrolysis) is 1. The molecule has 0 radical (unpaired) electrons. The van der Waals surface area contributed by atoms with E-state index in [0.717, 1.165) is 6.29 Å². The highest BCUT2D eigenvalue weighted by atomic mass is 16.6. The van der Waals surface area contributed by atoms with E-state index in [2.05, 4.69) is 5.32 Å². The predicted molar refractivity (Wildman–Crippen MR) is 55.7 cm³/mol. The predicted octanol–water partition coefficient (Wildman–Crippen LogP) is 1.12. The molecule has 0 atom stereocenters. The summed E-state index contributed by atoms with van der Waals surface area (Å²) < 4.78 is 10.1. The second-order valence-corrected chi connectivity index (χ2v) is 4.00. The van der Waals surface area contributed by atoms with Crippen molar-refractivity contribution in [3.63, 3.8) is 0 Å². The van der Waals surface area contributed by atoms with Gasteiger partial charge in [0.15, 0.2) is 0 Å². The summed E-state index contributed by atoms with van der Waals surface area (Å²) in [6.45, 7) is 6.55. The third-order valence-corrected chi connectivity index (χ3v) is 1.29. The highest BCUT2D eigenvalue weighted by molar-refractivity contribution is 5.67. The van der Waals surface area contributed by atoms with Crippen molar-refractivity contribution in [2.75, 3.05) is 19.8 Å². The van der Waals surface area contributed by atoms with Crippen LogP contribution >= 0.6 is 0 Å². The Bertz CT molecular complexity index is 198. The van der Waals surface area contributed by atoms with Gasteiger partial charge in [-0.25, -0.2) is 4.79 Å². The van der Waals surface area contributed by atoms with E-state index in [4.69, 9.17) is 9.47 Å². The molecule has 0 spiro atoms. The fraction of sp³-hybridized carbons (Fsp3) is 0.800. The topological polar surface area (TPSA) is 64.6 Å². The molecule has 0 heterocycles. The lowest BCUT2D eigenvalue weighted by Crippen LogP contribution is -2.34. The van der Waals surface area contributed by atoms with Crippen molar-refractivity contribution in [1.29, 1.82) is 0 Å². The summed E-state index contributed by atoms with van der Waals surface area (Å²) in [4.78, 5) is 21.0. The number of aldehydes is 1. The van der Waals surface area contributed by atoms with Gasteiger partial charge in [-0.1, -0.05) is 0 Å². The van der Waals surface area contributed by atoms with Crippen LogP contribution in [0.25, 0.3) is 0 Å². The summed E-state index contributed by atoms with van der Waals surface area (Å²) in [6, 6.07) is 0. The van der Waals surface area contributed by atoms with E-state index in [1.807, 2.05) is 0 Å². The van der Waals surface area contributed by atoms with Crippen molar-refractivity contribution in [3.05, 3.63) is 0 Å². The van der Waals surface area contributed by atoms with Gasteiger partial charge >= 0.3 is 6.09 Å². The first-order chi connectivity index (χ1) is 6.95. The van der Waals surface area contributed by atoms with Crippen molar-refractivity contribution in [2.45, 2.75) is 32.8 Å². The molecule has 0 rings (SSSR count). The Morgan fingerprint density at radius 3 is 2.53 bits per heavy atom. The lowest BCUT2D eigenvalue weighted by Gasteiger charge is -2.19. The summed E-state index contributed by atoms with van der Waals surface area (Å²) in [7, 11) is 0. The second kappa shape index (κ2) is 7.23. The fourth-order valence-corrected chi connectivity index (χ4v) is 0.773. The maximum absolute atomic E-state index is 11.1. The fourth-order valence-electron chi connectivity index (χ4n) is 0.773. The van der Waals surface area contributed by atoms with Gasteiger partial charge in [0.1, 0.15) is 11.9 Å². The van der Waals surface area contributed by atoms with Gasteiger partial charge in [0.2, 0.25) is 0 Å². The van der Waals surface area contributed by atoms with E-state index >= 15 is 0 Å². The van der Waals surface area contributed by atoms with E-state index in [1.54, 1.807) is 20.8 Å². The third-order valence-electron chi connectivity index (χ3n) is 1.29. The molecule has 0 saturated heterocycles. The first-order valence-corrected chi connectivity index (χ1v) is 4.94. The first-order valence-electron chi connectivity index (χ1n) is 4.94. The Morgan fingerprint density at radius 2 is 2.00 bits per heavy atom. The van der Waals surface area contributed by atoms with E-state index in [0.29, 0.717) is 26.2 Å². The quantitative estimate of drug-likeness (QED) is 0.535. The van der Waals surface area contributed by atoms with Crippen LogP contribution in [0.5, 0.6) is 0 Å². The summed E-state index contributed by atoms with van der Waals surface area (Å²) >= 11 is 0. The normalized spacial score (nSPS) is 10.9. The van der Waals surface area contributed by atoms with Gasteiger partial charge in [-0.2, -0.15) is 0 Å². The molecule has 0 aromatic rings. The Labute approximate surface area is 90.1 Å². The molecule has 0 aliphatic carbocycles. The molecule has 0 bridgehead atoms. The van der Waals surface area contributed by atoms with Crippen LogP contribution in [0.15, 0.2) is 0 Å². The highest BCUT2D eigenvalue weighted by Crippen LogP contribution is 2.05. The maximum Gasteiger partial charge on any atom is 0.407 e. The zero-order valence-corrected chi connectivity index (χ0v) is 9.54. The number of ether oxygens (including phenoxy) is 2. The van der Waals surface area contributed by atoms with Crippen LogP contribution in [0, 0.1) is 0 Å². The summed E-state index contributed by atoms with van der Waals surface area (Å²) in [5, 5.41) is 2.54. The molecular formula is C10H19NO4. The smallest absolute Gasteiger partial charge is 0.407 e. The van der Waals surface area contributed by atoms with Gasteiger partial charge in [-0.3, -0.25) is 0 Å². The number of carbonyl (C=O) groups is 2. The van der Waals surface area contributed by atoms with Gasteiger partial charge in [-0.15, -0.1) is 0 Å². The Morgan fingerprint density at radius 1 is 1.33 bits per heavy atom. The van der Waals surface area contributed by atoms with Crippen LogP contribution in [-0.2, 0) is 14.3 Å². The molecule has 1 amide bonds. The van der Waals surface area contributed by atoms with Crippen molar-refractivity contribution in [1.82, 2.24) is 5.32 Å². The van der Waals surface area contributed by atoms with Gasteiger partial charge < -0.3 is 19.6 Å². The average molecular weight is 217 g/mol. The number of amides is 1. The largest absolute Gasteiger partial charge is 0.444 e. The zero-order chi connectivity index (χ0) is 11.7. The lowest BCUT2D eigenvalue weighted by atomic mass is 10.2. The molecule has 0 fully saturated rings. The monoisotopic (exact) mass is 217 g/mol. The van der Waals surface area contributed by atoms with Crippen LogP contribution < -0.4 is 5.32 Å². The van der Waals surface area contributed by atoms with E-state index in [1.165, 1.54) is 0 Å². The molecule has 0 aromatic carbocycles. The average Bonchev–Trinajstić information content (AvgIpc) is 2.08. The maximum atomic E-state index is 11.1. The molecule has 0 aliphatic rings. The molecule has 1 N–H and O–H groups in total. The minimum atomic E-state index is -0.484.